The number of carbonyl (C=O) groups is 1. The number of aliphatic imine (C=N–C) groups is 1. The molecule has 184 valence electrons. The maximum Gasteiger partial charge on any atom is 0.407 e. The highest BCUT2D eigenvalue weighted by Crippen LogP contribution is 2.34. The molecule has 1 amide bonds. The van der Waals surface area contributed by atoms with Crippen molar-refractivity contribution in [2.45, 2.75) is 46.1 Å². The molecule has 0 spiro atoms. The average Bonchev–Trinajstić information content (AvgIpc) is 2.71. The number of guanidine groups is 1. The van der Waals surface area contributed by atoms with Crippen molar-refractivity contribution in [3.8, 4) is 17.2 Å². The SMILES string of the molecule is CCNC(=NCCCNC(=O)OC(C)(C)C)NCCc1c(OC)cc(OC)cc1OC.I. The van der Waals surface area contributed by atoms with Gasteiger partial charge in [-0.2, -0.15) is 0 Å². The summed E-state index contributed by atoms with van der Waals surface area (Å²) in [5.74, 6) is 2.83. The number of carbonyl (C=O) groups excluding carboxylic acids is 1. The van der Waals surface area contributed by atoms with E-state index in [9.17, 15) is 4.79 Å². The van der Waals surface area contributed by atoms with E-state index >= 15 is 0 Å². The Bertz CT molecular complexity index is 698. The van der Waals surface area contributed by atoms with Crippen molar-refractivity contribution < 1.29 is 23.7 Å². The molecule has 0 aliphatic rings. The van der Waals surface area contributed by atoms with Crippen molar-refractivity contribution in [2.24, 2.45) is 4.99 Å². The summed E-state index contributed by atoms with van der Waals surface area (Å²) in [5, 5.41) is 9.27. The van der Waals surface area contributed by atoms with Crippen LogP contribution < -0.4 is 30.2 Å². The summed E-state index contributed by atoms with van der Waals surface area (Å²) >= 11 is 0. The lowest BCUT2D eigenvalue weighted by molar-refractivity contribution is 0.0527. The van der Waals surface area contributed by atoms with Gasteiger partial charge in [0, 0.05) is 43.9 Å². The number of nitrogens with zero attached hydrogens (tertiary/aromatic N) is 1. The molecule has 0 heterocycles. The molecule has 32 heavy (non-hydrogen) atoms. The van der Waals surface area contributed by atoms with Crippen LogP contribution in [0, 0.1) is 0 Å². The molecule has 0 aliphatic heterocycles. The van der Waals surface area contributed by atoms with Crippen molar-refractivity contribution in [3.63, 3.8) is 0 Å². The Hall–Kier alpha value is -2.11. The molecule has 9 nitrogen and oxygen atoms in total. The Morgan fingerprint density at radius 1 is 0.969 bits per heavy atom. The number of halogens is 1. The van der Waals surface area contributed by atoms with E-state index in [1.165, 1.54) is 0 Å². The molecule has 1 rings (SSSR count). The maximum atomic E-state index is 11.7. The number of ether oxygens (including phenoxy) is 4. The minimum atomic E-state index is -0.500. The third-order valence-corrected chi connectivity index (χ3v) is 4.10. The second kappa shape index (κ2) is 15.7. The van der Waals surface area contributed by atoms with Crippen LogP contribution in [-0.2, 0) is 11.2 Å². The van der Waals surface area contributed by atoms with Gasteiger partial charge in [0.1, 0.15) is 22.8 Å². The highest BCUT2D eigenvalue weighted by molar-refractivity contribution is 14.0. The van der Waals surface area contributed by atoms with Gasteiger partial charge < -0.3 is 34.9 Å². The Balaban J connectivity index is 0.00000961. The smallest absolute Gasteiger partial charge is 0.407 e. The molecule has 0 radical (unpaired) electrons. The van der Waals surface area contributed by atoms with Gasteiger partial charge in [0.25, 0.3) is 0 Å². The van der Waals surface area contributed by atoms with E-state index < -0.39 is 11.7 Å². The van der Waals surface area contributed by atoms with Gasteiger partial charge in [-0.25, -0.2) is 4.79 Å². The number of hydrogen-bond donors (Lipinski definition) is 3. The summed E-state index contributed by atoms with van der Waals surface area (Å²) in [6.07, 6.45) is 0.973. The number of benzene rings is 1. The van der Waals surface area contributed by atoms with Crippen LogP contribution in [0.1, 0.15) is 39.7 Å². The molecule has 0 fully saturated rings. The Labute approximate surface area is 209 Å². The quantitative estimate of drug-likeness (QED) is 0.164. The molecule has 1 aromatic carbocycles. The standard InChI is InChI=1S/C22H38N4O5.HI/c1-8-23-20(24-11-9-12-26-21(27)31-22(2,3)4)25-13-10-17-18(29-6)14-16(28-5)15-19(17)30-7;/h14-15H,8-13H2,1-7H3,(H,26,27)(H2,23,24,25);1H. The molecule has 0 saturated heterocycles. The highest BCUT2D eigenvalue weighted by atomic mass is 127. The number of rotatable bonds is 11. The minimum Gasteiger partial charge on any atom is -0.496 e. The number of amides is 1. The lowest BCUT2D eigenvalue weighted by atomic mass is 10.1. The first-order chi connectivity index (χ1) is 14.7. The fraction of sp³-hybridized carbons (Fsp3) is 0.636. The third-order valence-electron chi connectivity index (χ3n) is 4.10. The maximum absolute atomic E-state index is 11.7. The van der Waals surface area contributed by atoms with Gasteiger partial charge in [-0.1, -0.05) is 0 Å². The number of methoxy groups -OCH3 is 3. The van der Waals surface area contributed by atoms with Gasteiger partial charge in [-0.05, 0) is 40.5 Å². The van der Waals surface area contributed by atoms with Crippen LogP contribution in [0.3, 0.4) is 0 Å². The topological polar surface area (TPSA) is 102 Å². The lowest BCUT2D eigenvalue weighted by Gasteiger charge is -2.19. The molecule has 0 atom stereocenters. The van der Waals surface area contributed by atoms with Gasteiger partial charge in [0.05, 0.1) is 21.3 Å². The zero-order valence-electron chi connectivity index (χ0n) is 20.3. The van der Waals surface area contributed by atoms with Crippen LogP contribution >= 0.6 is 24.0 Å². The van der Waals surface area contributed by atoms with Crippen molar-refractivity contribution in [3.05, 3.63) is 17.7 Å². The molecule has 3 N–H and O–H groups in total. The normalized spacial score (nSPS) is 11.2. The first-order valence-electron chi connectivity index (χ1n) is 10.5. The summed E-state index contributed by atoms with van der Waals surface area (Å²) < 4.78 is 21.5. The van der Waals surface area contributed by atoms with E-state index in [0.717, 1.165) is 12.1 Å². The molecular weight excluding hydrogens is 527 g/mol. The molecule has 0 unspecified atom stereocenters. The summed E-state index contributed by atoms with van der Waals surface area (Å²) in [7, 11) is 4.86. The van der Waals surface area contributed by atoms with Gasteiger partial charge in [0.2, 0.25) is 0 Å². The van der Waals surface area contributed by atoms with E-state index in [0.29, 0.717) is 55.7 Å². The second-order valence-corrected chi connectivity index (χ2v) is 7.73. The molecule has 0 aliphatic carbocycles. The first kappa shape index (κ1) is 29.9. The van der Waals surface area contributed by atoms with Crippen LogP contribution in [-0.4, -0.2) is 65.2 Å². The zero-order valence-corrected chi connectivity index (χ0v) is 22.6. The van der Waals surface area contributed by atoms with Gasteiger partial charge in [-0.15, -0.1) is 24.0 Å². The molecule has 0 bridgehead atoms. The van der Waals surface area contributed by atoms with Crippen LogP contribution in [0.25, 0.3) is 0 Å². The summed E-state index contributed by atoms with van der Waals surface area (Å²) in [6.45, 7) is 9.97. The van der Waals surface area contributed by atoms with Gasteiger partial charge >= 0.3 is 6.09 Å². The van der Waals surface area contributed by atoms with E-state index in [-0.39, 0.29) is 24.0 Å². The third kappa shape index (κ3) is 11.5. The van der Waals surface area contributed by atoms with Crippen LogP contribution in [0.5, 0.6) is 17.2 Å². The minimum absolute atomic E-state index is 0. The van der Waals surface area contributed by atoms with Crippen LogP contribution in [0.4, 0.5) is 4.79 Å². The van der Waals surface area contributed by atoms with Crippen molar-refractivity contribution in [1.29, 1.82) is 0 Å². The summed E-state index contributed by atoms with van der Waals surface area (Å²) in [4.78, 5) is 16.2. The predicted octanol–water partition coefficient (Wildman–Crippen LogP) is 3.34. The van der Waals surface area contributed by atoms with E-state index in [1.54, 1.807) is 21.3 Å². The number of nitrogens with one attached hydrogen (secondary N) is 3. The lowest BCUT2D eigenvalue weighted by Crippen LogP contribution is -2.38. The molecule has 0 saturated carbocycles. The molecular formula is C22H39IN4O5. The Morgan fingerprint density at radius 2 is 1.59 bits per heavy atom. The summed E-state index contributed by atoms with van der Waals surface area (Å²) in [5.41, 5.74) is 0.454. The van der Waals surface area contributed by atoms with Gasteiger partial charge in [-0.3, -0.25) is 4.99 Å². The van der Waals surface area contributed by atoms with Crippen molar-refractivity contribution in [1.82, 2.24) is 16.0 Å². The number of alkyl carbamates (subject to hydrolysis) is 1. The fourth-order valence-electron chi connectivity index (χ4n) is 2.75. The predicted molar refractivity (Wildman–Crippen MR) is 138 cm³/mol. The monoisotopic (exact) mass is 566 g/mol. The van der Waals surface area contributed by atoms with Crippen molar-refractivity contribution in [2.75, 3.05) is 47.5 Å². The fourth-order valence-corrected chi connectivity index (χ4v) is 2.75. The van der Waals surface area contributed by atoms with E-state index in [4.69, 9.17) is 18.9 Å². The highest BCUT2D eigenvalue weighted by Gasteiger charge is 2.15. The zero-order chi connectivity index (χ0) is 23.3. The van der Waals surface area contributed by atoms with Gasteiger partial charge in [0.15, 0.2) is 5.96 Å². The second-order valence-electron chi connectivity index (χ2n) is 7.73. The van der Waals surface area contributed by atoms with Crippen molar-refractivity contribution >= 4 is 36.0 Å². The van der Waals surface area contributed by atoms with Crippen LogP contribution in [0.2, 0.25) is 0 Å². The Morgan fingerprint density at radius 3 is 2.09 bits per heavy atom. The summed E-state index contributed by atoms with van der Waals surface area (Å²) in [6, 6.07) is 3.68. The van der Waals surface area contributed by atoms with E-state index in [2.05, 4.69) is 20.9 Å². The van der Waals surface area contributed by atoms with E-state index in [1.807, 2.05) is 39.8 Å². The average molecular weight is 566 g/mol. The molecule has 0 aromatic heterocycles. The molecule has 1 aromatic rings. The first-order valence-corrected chi connectivity index (χ1v) is 10.5. The molecule has 10 heteroatoms. The largest absolute Gasteiger partial charge is 0.496 e. The van der Waals surface area contributed by atoms with Crippen LogP contribution in [0.15, 0.2) is 17.1 Å². The Kier molecular flexibility index (Phi) is 14.6. The number of hydrogen-bond acceptors (Lipinski definition) is 6.